The largest absolute Gasteiger partial charge is 0.443 e. The Bertz CT molecular complexity index is 923. The molecule has 3 rings (SSSR count). The quantitative estimate of drug-likeness (QED) is 0.615. The van der Waals surface area contributed by atoms with E-state index in [1.54, 1.807) is 5.01 Å². The first-order valence-electron chi connectivity index (χ1n) is 8.68. The Morgan fingerprint density at radius 1 is 0.885 bits per heavy atom. The highest BCUT2D eigenvalue weighted by Crippen LogP contribution is 2.32. The van der Waals surface area contributed by atoms with Crippen LogP contribution in [-0.4, -0.2) is 11.7 Å². The van der Waals surface area contributed by atoms with Crippen LogP contribution in [0.1, 0.15) is 26.3 Å². The molecule has 0 fully saturated rings. The van der Waals surface area contributed by atoms with Crippen LogP contribution in [0.2, 0.25) is 0 Å². The number of benzene rings is 3. The van der Waals surface area contributed by atoms with Gasteiger partial charge in [0.1, 0.15) is 5.60 Å². The van der Waals surface area contributed by atoms with Crippen molar-refractivity contribution < 1.29 is 9.53 Å². The second-order valence-electron chi connectivity index (χ2n) is 7.23. The summed E-state index contributed by atoms with van der Waals surface area (Å²) in [7, 11) is 0. The number of nitrogens with one attached hydrogen (secondary N) is 1. The SMILES string of the molecule is Cc1ccccc1N(NC(=O)OC(C)(C)C)c1cccc2ccccc12. The Hall–Kier alpha value is -3.01. The summed E-state index contributed by atoms with van der Waals surface area (Å²) >= 11 is 0. The molecule has 0 aliphatic rings. The number of aryl methyl sites for hydroxylation is 1. The van der Waals surface area contributed by atoms with Gasteiger partial charge in [0.05, 0.1) is 11.4 Å². The van der Waals surface area contributed by atoms with Gasteiger partial charge in [-0.2, -0.15) is 0 Å². The van der Waals surface area contributed by atoms with Crippen molar-refractivity contribution in [1.29, 1.82) is 0 Å². The molecule has 134 valence electrons. The van der Waals surface area contributed by atoms with Crippen LogP contribution in [0.15, 0.2) is 66.7 Å². The topological polar surface area (TPSA) is 41.6 Å². The molecule has 26 heavy (non-hydrogen) atoms. The molecule has 0 radical (unpaired) electrons. The van der Waals surface area contributed by atoms with Gasteiger partial charge in [-0.1, -0.05) is 54.6 Å². The average molecular weight is 348 g/mol. The highest BCUT2D eigenvalue weighted by Gasteiger charge is 2.21. The Labute approximate surface area is 154 Å². The predicted molar refractivity (Wildman–Crippen MR) is 107 cm³/mol. The predicted octanol–water partition coefficient (Wildman–Crippen LogP) is 5.73. The number of hydrazine groups is 1. The Morgan fingerprint density at radius 2 is 1.50 bits per heavy atom. The van der Waals surface area contributed by atoms with E-state index in [2.05, 4.69) is 17.6 Å². The van der Waals surface area contributed by atoms with Gasteiger partial charge in [0.2, 0.25) is 0 Å². The fourth-order valence-corrected chi connectivity index (χ4v) is 2.86. The number of rotatable bonds is 3. The van der Waals surface area contributed by atoms with Crippen molar-refractivity contribution in [3.05, 3.63) is 72.3 Å². The molecule has 0 spiro atoms. The number of carbonyl (C=O) groups excluding carboxylic acids is 1. The number of carbonyl (C=O) groups is 1. The van der Waals surface area contributed by atoms with Gasteiger partial charge in [0, 0.05) is 5.39 Å². The van der Waals surface area contributed by atoms with E-state index in [1.165, 1.54) is 0 Å². The number of amides is 1. The van der Waals surface area contributed by atoms with Crippen LogP contribution in [0.3, 0.4) is 0 Å². The number of ether oxygens (including phenoxy) is 1. The van der Waals surface area contributed by atoms with E-state index in [1.807, 2.05) is 82.3 Å². The van der Waals surface area contributed by atoms with E-state index in [4.69, 9.17) is 4.74 Å². The van der Waals surface area contributed by atoms with Crippen molar-refractivity contribution in [1.82, 2.24) is 5.43 Å². The summed E-state index contributed by atoms with van der Waals surface area (Å²) < 4.78 is 5.47. The molecule has 0 aliphatic carbocycles. The minimum atomic E-state index is -0.569. The van der Waals surface area contributed by atoms with Crippen LogP contribution in [0.4, 0.5) is 16.2 Å². The van der Waals surface area contributed by atoms with E-state index in [9.17, 15) is 4.79 Å². The average Bonchev–Trinajstić information content (AvgIpc) is 2.58. The molecular formula is C22H24N2O2. The van der Waals surface area contributed by atoms with Crippen molar-refractivity contribution in [2.24, 2.45) is 0 Å². The number of hydrogen-bond acceptors (Lipinski definition) is 3. The maximum absolute atomic E-state index is 12.5. The first-order valence-corrected chi connectivity index (χ1v) is 8.68. The lowest BCUT2D eigenvalue weighted by Crippen LogP contribution is -2.42. The number of fused-ring (bicyclic) bond motifs is 1. The smallest absolute Gasteiger partial charge is 0.426 e. The van der Waals surface area contributed by atoms with Crippen molar-refractivity contribution in [3.8, 4) is 0 Å². The van der Waals surface area contributed by atoms with E-state index in [0.717, 1.165) is 27.7 Å². The van der Waals surface area contributed by atoms with E-state index in [0.29, 0.717) is 0 Å². The Balaban J connectivity index is 2.09. The van der Waals surface area contributed by atoms with E-state index in [-0.39, 0.29) is 0 Å². The molecule has 4 nitrogen and oxygen atoms in total. The monoisotopic (exact) mass is 348 g/mol. The van der Waals surface area contributed by atoms with Crippen LogP contribution in [0.5, 0.6) is 0 Å². The second-order valence-corrected chi connectivity index (χ2v) is 7.23. The highest BCUT2D eigenvalue weighted by molar-refractivity contribution is 5.97. The molecule has 1 amide bonds. The maximum atomic E-state index is 12.5. The zero-order valence-electron chi connectivity index (χ0n) is 15.6. The lowest BCUT2D eigenvalue weighted by molar-refractivity contribution is 0.0528. The van der Waals surface area contributed by atoms with Gasteiger partial charge in [-0.25, -0.2) is 10.2 Å². The third-order valence-corrected chi connectivity index (χ3v) is 3.97. The van der Waals surface area contributed by atoms with Gasteiger partial charge in [-0.15, -0.1) is 0 Å². The molecule has 0 atom stereocenters. The van der Waals surface area contributed by atoms with E-state index >= 15 is 0 Å². The zero-order valence-corrected chi connectivity index (χ0v) is 15.6. The summed E-state index contributed by atoms with van der Waals surface area (Å²) in [5.74, 6) is 0. The molecule has 0 aromatic heterocycles. The van der Waals surface area contributed by atoms with Gasteiger partial charge in [0.25, 0.3) is 0 Å². The van der Waals surface area contributed by atoms with Gasteiger partial charge < -0.3 is 4.74 Å². The lowest BCUT2D eigenvalue weighted by Gasteiger charge is -2.29. The van der Waals surface area contributed by atoms with Gasteiger partial charge in [0.15, 0.2) is 0 Å². The zero-order chi connectivity index (χ0) is 18.7. The molecule has 0 aliphatic heterocycles. The number of para-hydroxylation sites is 1. The summed E-state index contributed by atoms with van der Waals surface area (Å²) in [5, 5.41) is 3.95. The lowest BCUT2D eigenvalue weighted by atomic mass is 10.1. The van der Waals surface area contributed by atoms with Crippen LogP contribution < -0.4 is 10.4 Å². The Kier molecular flexibility index (Phi) is 4.85. The van der Waals surface area contributed by atoms with Gasteiger partial charge in [-0.3, -0.25) is 5.01 Å². The van der Waals surface area contributed by atoms with Crippen LogP contribution in [0.25, 0.3) is 10.8 Å². The summed E-state index contributed by atoms with van der Waals surface area (Å²) in [6, 6.07) is 22.1. The van der Waals surface area contributed by atoms with Crippen molar-refractivity contribution in [3.63, 3.8) is 0 Å². The van der Waals surface area contributed by atoms with Gasteiger partial charge >= 0.3 is 6.09 Å². The molecule has 0 unspecified atom stereocenters. The molecule has 0 saturated carbocycles. The Morgan fingerprint density at radius 3 is 2.23 bits per heavy atom. The summed E-state index contributed by atoms with van der Waals surface area (Å²) in [5.41, 5.74) is 5.18. The van der Waals surface area contributed by atoms with E-state index < -0.39 is 11.7 Å². The van der Waals surface area contributed by atoms with Gasteiger partial charge in [-0.05, 0) is 50.8 Å². The van der Waals surface area contributed by atoms with Crippen LogP contribution in [0, 0.1) is 6.92 Å². The summed E-state index contributed by atoms with van der Waals surface area (Å²) in [4.78, 5) is 12.5. The molecule has 0 saturated heterocycles. The minimum absolute atomic E-state index is 0.492. The number of nitrogens with zero attached hydrogens (tertiary/aromatic N) is 1. The fourth-order valence-electron chi connectivity index (χ4n) is 2.86. The van der Waals surface area contributed by atoms with Crippen molar-refractivity contribution >= 4 is 28.2 Å². The minimum Gasteiger partial charge on any atom is -0.443 e. The summed E-state index contributed by atoms with van der Waals surface area (Å²) in [6.07, 6.45) is -0.492. The standard InChI is InChI=1S/C22H24N2O2/c1-16-10-5-8-14-19(16)24(23-21(25)26-22(2,3)4)20-15-9-12-17-11-6-7-13-18(17)20/h5-15H,1-4H3,(H,23,25). The third kappa shape index (κ3) is 3.97. The highest BCUT2D eigenvalue weighted by atomic mass is 16.6. The number of anilines is 2. The summed E-state index contributed by atoms with van der Waals surface area (Å²) in [6.45, 7) is 7.57. The fraction of sp³-hybridized carbons (Fsp3) is 0.227. The molecule has 0 heterocycles. The number of hydrogen-bond donors (Lipinski definition) is 1. The molecule has 3 aromatic rings. The molecule has 4 heteroatoms. The first kappa shape index (κ1) is 17.8. The van der Waals surface area contributed by atoms with Crippen LogP contribution in [-0.2, 0) is 4.74 Å². The first-order chi connectivity index (χ1) is 12.3. The molecular weight excluding hydrogens is 324 g/mol. The molecule has 1 N–H and O–H groups in total. The molecule has 0 bridgehead atoms. The molecule has 3 aromatic carbocycles. The maximum Gasteiger partial charge on any atom is 0.426 e. The second kappa shape index (κ2) is 7.08. The van der Waals surface area contributed by atoms with Crippen LogP contribution >= 0.6 is 0 Å². The van der Waals surface area contributed by atoms with Crippen molar-refractivity contribution in [2.45, 2.75) is 33.3 Å². The normalized spacial score (nSPS) is 11.2. The third-order valence-electron chi connectivity index (χ3n) is 3.97. The van der Waals surface area contributed by atoms with Crippen molar-refractivity contribution in [2.75, 3.05) is 5.01 Å².